The monoisotopic (exact) mass is 339 g/mol. The van der Waals surface area contributed by atoms with Crippen LogP contribution in [-0.4, -0.2) is 16.7 Å². The summed E-state index contributed by atoms with van der Waals surface area (Å²) in [7, 11) is -0.893. The first kappa shape index (κ1) is 16.4. The Balaban J connectivity index is 2.03. The highest BCUT2D eigenvalue weighted by atomic mass is 35.5. The second kappa shape index (κ2) is 7.87. The summed E-state index contributed by atoms with van der Waals surface area (Å²) < 4.78 is 11.3. The van der Waals surface area contributed by atoms with E-state index in [-0.39, 0.29) is 0 Å². The zero-order valence-corrected chi connectivity index (χ0v) is 14.4. The third-order valence-corrected chi connectivity index (χ3v) is 4.89. The van der Waals surface area contributed by atoms with Crippen molar-refractivity contribution >= 4 is 39.8 Å². The Morgan fingerprint density at radius 1 is 1.19 bits per heavy atom. The minimum atomic E-state index is -0.893. The number of hydrogen-bond donors (Lipinski definition) is 1. The number of halogens is 1. The summed E-state index contributed by atoms with van der Waals surface area (Å²) in [5.41, 5.74) is 3.14. The van der Waals surface area contributed by atoms with Crippen LogP contribution in [0.15, 0.2) is 47.4 Å². The van der Waals surface area contributed by atoms with Crippen LogP contribution in [0.4, 0.5) is 5.69 Å². The van der Waals surface area contributed by atoms with Gasteiger partial charge in [0.1, 0.15) is 0 Å². The topological polar surface area (TPSA) is 29.1 Å². The van der Waals surface area contributed by atoms with Crippen molar-refractivity contribution < 1.29 is 4.21 Å². The molecular formula is C16H18ClNOS2. The predicted molar refractivity (Wildman–Crippen MR) is 94.8 cm³/mol. The van der Waals surface area contributed by atoms with Crippen LogP contribution >= 0.6 is 23.4 Å². The van der Waals surface area contributed by atoms with Gasteiger partial charge in [0.15, 0.2) is 0 Å². The van der Waals surface area contributed by atoms with Gasteiger partial charge in [-0.1, -0.05) is 23.7 Å². The lowest BCUT2D eigenvalue weighted by molar-refractivity contribution is 0.686. The van der Waals surface area contributed by atoms with Gasteiger partial charge in [0, 0.05) is 45.0 Å². The van der Waals surface area contributed by atoms with Gasteiger partial charge in [0.05, 0.1) is 0 Å². The third-order valence-electron chi connectivity index (χ3n) is 3.06. The lowest BCUT2D eigenvalue weighted by Crippen LogP contribution is -2.01. The van der Waals surface area contributed by atoms with Crippen LogP contribution in [0.5, 0.6) is 0 Å². The maximum absolute atomic E-state index is 11.3. The van der Waals surface area contributed by atoms with Crippen molar-refractivity contribution in [2.24, 2.45) is 0 Å². The molecule has 0 radical (unpaired) electrons. The Morgan fingerprint density at radius 2 is 1.90 bits per heavy atom. The molecule has 0 amide bonds. The van der Waals surface area contributed by atoms with E-state index in [1.807, 2.05) is 18.2 Å². The largest absolute Gasteiger partial charge is 0.381 e. The molecule has 2 aromatic carbocycles. The average Bonchev–Trinajstić information content (AvgIpc) is 2.48. The van der Waals surface area contributed by atoms with E-state index in [4.69, 9.17) is 11.6 Å². The van der Waals surface area contributed by atoms with Gasteiger partial charge in [-0.05, 0) is 47.7 Å². The summed E-state index contributed by atoms with van der Waals surface area (Å²) in [6.45, 7) is 0.755. The van der Waals surface area contributed by atoms with Crippen molar-refractivity contribution in [3.8, 4) is 0 Å². The number of nitrogens with one attached hydrogen (secondary N) is 1. The fourth-order valence-corrected chi connectivity index (χ4v) is 3.31. The predicted octanol–water partition coefficient (Wildman–Crippen LogP) is 4.55. The van der Waals surface area contributed by atoms with Crippen LogP contribution in [0, 0.1) is 0 Å². The van der Waals surface area contributed by atoms with Gasteiger partial charge < -0.3 is 5.32 Å². The van der Waals surface area contributed by atoms with Gasteiger partial charge in [-0.15, -0.1) is 11.8 Å². The summed E-state index contributed by atoms with van der Waals surface area (Å²) >= 11 is 7.86. The molecule has 0 aromatic heterocycles. The normalized spacial score (nSPS) is 12.1. The number of anilines is 1. The first-order valence-corrected chi connectivity index (χ1v) is 9.86. The van der Waals surface area contributed by atoms with Gasteiger partial charge >= 0.3 is 0 Å². The molecule has 0 bridgehead atoms. The van der Waals surface area contributed by atoms with E-state index in [9.17, 15) is 4.21 Å². The molecule has 0 aliphatic rings. The molecule has 0 unspecified atom stereocenters. The van der Waals surface area contributed by atoms with Crippen molar-refractivity contribution in [3.63, 3.8) is 0 Å². The van der Waals surface area contributed by atoms with Crippen molar-refractivity contribution in [2.45, 2.75) is 17.2 Å². The second-order valence-electron chi connectivity index (χ2n) is 4.73. The molecule has 2 aromatic rings. The van der Waals surface area contributed by atoms with Crippen LogP contribution in [0.25, 0.3) is 0 Å². The second-order valence-corrected chi connectivity index (χ2v) is 7.45. The summed E-state index contributed by atoms with van der Waals surface area (Å²) in [5.74, 6) is 0.483. The Labute approximate surface area is 137 Å². The number of rotatable bonds is 6. The zero-order valence-electron chi connectivity index (χ0n) is 12.1. The lowest BCUT2D eigenvalue weighted by atomic mass is 10.2. The smallest absolute Gasteiger partial charge is 0.0498 e. The summed E-state index contributed by atoms with van der Waals surface area (Å²) in [6.07, 6.45) is 3.75. The molecule has 1 atom stereocenters. The van der Waals surface area contributed by atoms with Crippen molar-refractivity contribution in [1.82, 2.24) is 0 Å². The van der Waals surface area contributed by atoms with E-state index < -0.39 is 10.8 Å². The lowest BCUT2D eigenvalue weighted by Gasteiger charge is -2.10. The molecule has 21 heavy (non-hydrogen) atoms. The molecule has 0 fully saturated rings. The molecule has 0 saturated carbocycles. The van der Waals surface area contributed by atoms with Gasteiger partial charge in [-0.25, -0.2) is 0 Å². The Bertz CT molecular complexity index is 629. The molecule has 0 spiro atoms. The van der Waals surface area contributed by atoms with Crippen LogP contribution in [0.3, 0.4) is 0 Å². The van der Waals surface area contributed by atoms with Crippen LogP contribution in [0.2, 0.25) is 5.02 Å². The average molecular weight is 340 g/mol. The molecule has 112 valence electrons. The van der Waals surface area contributed by atoms with Gasteiger partial charge in [-0.3, -0.25) is 4.21 Å². The number of hydrogen-bond acceptors (Lipinski definition) is 3. The van der Waals surface area contributed by atoms with E-state index in [1.165, 1.54) is 10.5 Å². The van der Waals surface area contributed by atoms with Gasteiger partial charge in [0.2, 0.25) is 0 Å². The minimum Gasteiger partial charge on any atom is -0.381 e. The van der Waals surface area contributed by atoms with Crippen LogP contribution < -0.4 is 5.32 Å². The van der Waals surface area contributed by atoms with Crippen LogP contribution in [0.1, 0.15) is 11.1 Å². The fourth-order valence-electron chi connectivity index (χ4n) is 1.96. The molecule has 1 N–H and O–H groups in total. The molecule has 0 aliphatic heterocycles. The molecule has 0 heterocycles. The van der Waals surface area contributed by atoms with Crippen molar-refractivity contribution in [3.05, 3.63) is 58.6 Å². The Kier molecular flexibility index (Phi) is 6.15. The van der Waals surface area contributed by atoms with Crippen molar-refractivity contribution in [1.29, 1.82) is 0 Å². The SMILES string of the molecule is CSc1ccc(CNc2ccc(Cl)c(C[S@](C)=O)c2)cc1. The first-order chi connectivity index (χ1) is 10.1. The summed E-state index contributed by atoms with van der Waals surface area (Å²) in [5, 5.41) is 4.04. The molecular weight excluding hydrogens is 322 g/mol. The van der Waals surface area contributed by atoms with E-state index in [2.05, 4.69) is 35.8 Å². The highest BCUT2D eigenvalue weighted by Crippen LogP contribution is 2.22. The number of benzene rings is 2. The highest BCUT2D eigenvalue weighted by molar-refractivity contribution is 7.98. The minimum absolute atomic E-state index is 0.483. The molecule has 2 rings (SSSR count). The maximum Gasteiger partial charge on any atom is 0.0498 e. The molecule has 0 aliphatic carbocycles. The Hall–Kier alpha value is -0.970. The van der Waals surface area contributed by atoms with Crippen LogP contribution in [-0.2, 0) is 23.1 Å². The third kappa shape index (κ3) is 5.06. The van der Waals surface area contributed by atoms with E-state index >= 15 is 0 Å². The molecule has 5 heteroatoms. The zero-order chi connectivity index (χ0) is 15.2. The first-order valence-electron chi connectivity index (χ1n) is 6.54. The summed E-state index contributed by atoms with van der Waals surface area (Å²) in [6, 6.07) is 14.3. The Morgan fingerprint density at radius 3 is 2.52 bits per heavy atom. The highest BCUT2D eigenvalue weighted by Gasteiger charge is 2.04. The number of thioether (sulfide) groups is 1. The van der Waals surface area contributed by atoms with E-state index in [0.29, 0.717) is 10.8 Å². The van der Waals surface area contributed by atoms with Crippen molar-refractivity contribution in [2.75, 3.05) is 17.8 Å². The maximum atomic E-state index is 11.3. The quantitative estimate of drug-likeness (QED) is 0.783. The molecule has 2 nitrogen and oxygen atoms in total. The van der Waals surface area contributed by atoms with E-state index in [1.54, 1.807) is 18.0 Å². The van der Waals surface area contributed by atoms with Gasteiger partial charge in [-0.2, -0.15) is 0 Å². The molecule has 0 saturated heterocycles. The summed E-state index contributed by atoms with van der Waals surface area (Å²) in [4.78, 5) is 1.26. The standard InChI is InChI=1S/C16H18ClNOS2/c1-20-15-6-3-12(4-7-15)10-18-14-5-8-16(17)13(9-14)11-21(2)19/h3-9,18H,10-11H2,1-2H3/t21-/m0/s1. The van der Waals surface area contributed by atoms with E-state index in [0.717, 1.165) is 17.8 Å². The fraction of sp³-hybridized carbons (Fsp3) is 0.250. The van der Waals surface area contributed by atoms with Gasteiger partial charge in [0.25, 0.3) is 0 Å².